The highest BCUT2D eigenvalue weighted by atomic mass is 32.2. The number of aldehydes is 1. The minimum absolute atomic E-state index is 0.214. The number of nitrogens with zero attached hydrogens (tertiary/aromatic N) is 1. The lowest BCUT2D eigenvalue weighted by molar-refractivity contribution is 0.0730. The van der Waals surface area contributed by atoms with Gasteiger partial charge >= 0.3 is 0 Å². The Balaban J connectivity index is 2.46. The van der Waals surface area contributed by atoms with Gasteiger partial charge in [0.1, 0.15) is 4.90 Å². The van der Waals surface area contributed by atoms with Crippen LogP contribution in [0.3, 0.4) is 0 Å². The van der Waals surface area contributed by atoms with Crippen LogP contribution in [-0.4, -0.2) is 50.3 Å². The monoisotopic (exact) mass is 272 g/mol. The van der Waals surface area contributed by atoms with E-state index in [2.05, 4.69) is 4.98 Å². The second-order valence-electron chi connectivity index (χ2n) is 4.25. The first-order valence-electron chi connectivity index (χ1n) is 5.70. The maximum atomic E-state index is 12.5. The molecule has 1 saturated heterocycles. The highest BCUT2D eigenvalue weighted by molar-refractivity contribution is 7.89. The summed E-state index contributed by atoms with van der Waals surface area (Å²) in [5.41, 5.74) is 1.30. The molecule has 2 heterocycles. The lowest BCUT2D eigenvalue weighted by Crippen LogP contribution is -2.40. The molecule has 0 atom stereocenters. The van der Waals surface area contributed by atoms with E-state index in [1.165, 1.54) is 4.31 Å². The van der Waals surface area contributed by atoms with Crippen molar-refractivity contribution >= 4 is 16.3 Å². The third-order valence-electron chi connectivity index (χ3n) is 3.09. The number of morpholine rings is 1. The fraction of sp³-hybridized carbons (Fsp3) is 0.545. The molecular formula is C11H16N2O4S. The van der Waals surface area contributed by atoms with E-state index in [9.17, 15) is 13.2 Å². The molecule has 0 aliphatic carbocycles. The van der Waals surface area contributed by atoms with E-state index in [4.69, 9.17) is 4.74 Å². The summed E-state index contributed by atoms with van der Waals surface area (Å²) in [7, 11) is -3.55. The normalized spacial score (nSPS) is 17.9. The Kier molecular flexibility index (Phi) is 3.56. The van der Waals surface area contributed by atoms with Gasteiger partial charge in [0.05, 0.1) is 18.9 Å². The number of aromatic amines is 1. The van der Waals surface area contributed by atoms with Gasteiger partial charge in [-0.25, -0.2) is 8.42 Å². The van der Waals surface area contributed by atoms with Gasteiger partial charge in [0.25, 0.3) is 0 Å². The van der Waals surface area contributed by atoms with E-state index < -0.39 is 10.0 Å². The average molecular weight is 272 g/mol. The molecule has 1 N–H and O–H groups in total. The van der Waals surface area contributed by atoms with Crippen LogP contribution in [0.2, 0.25) is 0 Å². The number of sulfonamides is 1. The topological polar surface area (TPSA) is 79.5 Å². The van der Waals surface area contributed by atoms with Gasteiger partial charge in [-0.3, -0.25) is 4.79 Å². The third kappa shape index (κ3) is 2.09. The van der Waals surface area contributed by atoms with Crippen molar-refractivity contribution in [2.24, 2.45) is 0 Å². The number of aromatic nitrogens is 1. The van der Waals surface area contributed by atoms with Crippen LogP contribution in [0.25, 0.3) is 0 Å². The first kappa shape index (κ1) is 13.3. The number of hydrogen-bond donors (Lipinski definition) is 1. The molecule has 1 fully saturated rings. The van der Waals surface area contributed by atoms with E-state index in [0.717, 1.165) is 0 Å². The van der Waals surface area contributed by atoms with Crippen LogP contribution in [0.4, 0.5) is 0 Å². The maximum Gasteiger partial charge on any atom is 0.245 e. The maximum absolute atomic E-state index is 12.5. The summed E-state index contributed by atoms with van der Waals surface area (Å²) in [5.74, 6) is 0. The highest BCUT2D eigenvalue weighted by Crippen LogP contribution is 2.26. The Morgan fingerprint density at radius 3 is 2.39 bits per heavy atom. The van der Waals surface area contributed by atoms with Crippen molar-refractivity contribution in [1.29, 1.82) is 0 Å². The molecule has 0 spiro atoms. The molecule has 18 heavy (non-hydrogen) atoms. The summed E-state index contributed by atoms with van der Waals surface area (Å²) in [6, 6.07) is 0. The third-order valence-corrected chi connectivity index (χ3v) is 5.27. The second-order valence-corrected chi connectivity index (χ2v) is 6.13. The largest absolute Gasteiger partial charge is 0.379 e. The molecular weight excluding hydrogens is 256 g/mol. The number of nitrogens with one attached hydrogen (secondary N) is 1. The van der Waals surface area contributed by atoms with Crippen molar-refractivity contribution in [3.8, 4) is 0 Å². The molecule has 7 heteroatoms. The number of H-pyrrole nitrogens is 1. The van der Waals surface area contributed by atoms with Crippen molar-refractivity contribution < 1.29 is 17.9 Å². The van der Waals surface area contributed by atoms with Crippen molar-refractivity contribution in [1.82, 2.24) is 9.29 Å². The van der Waals surface area contributed by atoms with Gasteiger partial charge in [-0.15, -0.1) is 0 Å². The van der Waals surface area contributed by atoms with E-state index in [1.54, 1.807) is 13.8 Å². The molecule has 1 aliphatic heterocycles. The second kappa shape index (κ2) is 4.83. The lowest BCUT2D eigenvalue weighted by atomic mass is 10.3. The van der Waals surface area contributed by atoms with Gasteiger partial charge < -0.3 is 9.72 Å². The molecule has 1 aromatic rings. The fourth-order valence-electron chi connectivity index (χ4n) is 2.18. The van der Waals surface area contributed by atoms with E-state index in [0.29, 0.717) is 49.5 Å². The van der Waals surface area contributed by atoms with Gasteiger partial charge in [0.15, 0.2) is 6.29 Å². The molecule has 6 nitrogen and oxygen atoms in total. The Labute approximate surface area is 106 Å². The van der Waals surface area contributed by atoms with Crippen LogP contribution >= 0.6 is 0 Å². The van der Waals surface area contributed by atoms with E-state index in [1.807, 2.05) is 0 Å². The average Bonchev–Trinajstić information content (AvgIpc) is 2.65. The Morgan fingerprint density at radius 1 is 1.28 bits per heavy atom. The summed E-state index contributed by atoms with van der Waals surface area (Å²) in [4.78, 5) is 13.9. The van der Waals surface area contributed by atoms with Crippen LogP contribution in [0.15, 0.2) is 4.90 Å². The van der Waals surface area contributed by atoms with E-state index in [-0.39, 0.29) is 4.90 Å². The number of hydrogen-bond acceptors (Lipinski definition) is 4. The summed E-state index contributed by atoms with van der Waals surface area (Å²) in [5, 5.41) is 0. The van der Waals surface area contributed by atoms with Gasteiger partial charge in [-0.1, -0.05) is 0 Å². The molecule has 0 aromatic carbocycles. The van der Waals surface area contributed by atoms with Gasteiger partial charge in [-0.05, 0) is 19.4 Å². The van der Waals surface area contributed by atoms with Crippen LogP contribution in [0, 0.1) is 13.8 Å². The fourth-order valence-corrected chi connectivity index (χ4v) is 4.00. The quantitative estimate of drug-likeness (QED) is 0.811. The first-order chi connectivity index (χ1) is 8.48. The van der Waals surface area contributed by atoms with E-state index >= 15 is 0 Å². The zero-order valence-corrected chi connectivity index (χ0v) is 11.2. The zero-order valence-electron chi connectivity index (χ0n) is 10.4. The van der Waals surface area contributed by atoms with Gasteiger partial charge in [0.2, 0.25) is 10.0 Å². The molecule has 0 unspecified atom stereocenters. The van der Waals surface area contributed by atoms with Gasteiger partial charge in [0, 0.05) is 18.8 Å². The Hall–Kier alpha value is -1.18. The van der Waals surface area contributed by atoms with Crippen molar-refractivity contribution in [2.45, 2.75) is 18.7 Å². The van der Waals surface area contributed by atoms with Crippen LogP contribution in [0.1, 0.15) is 21.7 Å². The molecule has 0 saturated carbocycles. The molecule has 1 aliphatic rings. The summed E-state index contributed by atoms with van der Waals surface area (Å²) in [6.45, 7) is 4.81. The lowest BCUT2D eigenvalue weighted by Gasteiger charge is -2.26. The number of aryl methyl sites for hydroxylation is 1. The van der Waals surface area contributed by atoms with Crippen LogP contribution in [-0.2, 0) is 14.8 Å². The molecule has 0 amide bonds. The van der Waals surface area contributed by atoms with Crippen LogP contribution < -0.4 is 0 Å². The summed E-state index contributed by atoms with van der Waals surface area (Å²) < 4.78 is 31.5. The Morgan fingerprint density at radius 2 is 1.89 bits per heavy atom. The number of carbonyl (C=O) groups excluding carboxylic acids is 1. The van der Waals surface area contributed by atoms with Crippen molar-refractivity contribution in [3.63, 3.8) is 0 Å². The summed E-state index contributed by atoms with van der Waals surface area (Å²) >= 11 is 0. The molecule has 1 aromatic heterocycles. The molecule has 2 rings (SSSR count). The molecule has 100 valence electrons. The van der Waals surface area contributed by atoms with Crippen molar-refractivity contribution in [2.75, 3.05) is 26.3 Å². The Bertz CT molecular complexity index is 556. The first-order valence-corrected chi connectivity index (χ1v) is 7.14. The van der Waals surface area contributed by atoms with Crippen molar-refractivity contribution in [3.05, 3.63) is 17.0 Å². The predicted octanol–water partition coefficient (Wildman–Crippen LogP) is 0.465. The predicted molar refractivity (Wildman–Crippen MR) is 65.2 cm³/mol. The minimum atomic E-state index is -3.55. The standard InChI is InChI=1S/C11H16N2O4S/c1-8-10(7-14)12-9(2)11(8)18(15,16)13-3-5-17-6-4-13/h7,12H,3-6H2,1-2H3. The highest BCUT2D eigenvalue weighted by Gasteiger charge is 2.31. The summed E-state index contributed by atoms with van der Waals surface area (Å²) in [6.07, 6.45) is 0.640. The number of ether oxygens (including phenoxy) is 1. The minimum Gasteiger partial charge on any atom is -0.379 e. The van der Waals surface area contributed by atoms with Crippen LogP contribution in [0.5, 0.6) is 0 Å². The SMILES string of the molecule is Cc1[nH]c(C=O)c(C)c1S(=O)(=O)N1CCOCC1. The number of carbonyl (C=O) groups is 1. The smallest absolute Gasteiger partial charge is 0.245 e. The molecule has 0 bridgehead atoms. The zero-order chi connectivity index (χ0) is 13.3. The van der Waals surface area contributed by atoms with Gasteiger partial charge in [-0.2, -0.15) is 4.31 Å². The number of rotatable bonds is 3. The molecule has 0 radical (unpaired) electrons.